The number of aryl methyl sites for hydroxylation is 1. The molecule has 1 fully saturated rings. The van der Waals surface area contributed by atoms with Crippen LogP contribution in [0.2, 0.25) is 0 Å². The Morgan fingerprint density at radius 1 is 1.48 bits per heavy atom. The number of carbonyl (C=O) groups excluding carboxylic acids is 2. The fraction of sp³-hybridized carbons (Fsp3) is 0.500. The summed E-state index contributed by atoms with van der Waals surface area (Å²) in [4.78, 5) is 25.8. The van der Waals surface area contributed by atoms with Gasteiger partial charge in [-0.25, -0.2) is 0 Å². The number of carbonyl (C=O) groups is 2. The summed E-state index contributed by atoms with van der Waals surface area (Å²) >= 11 is 3.45. The van der Waals surface area contributed by atoms with Crippen LogP contribution in [0.1, 0.15) is 25.8 Å². The van der Waals surface area contributed by atoms with Crippen molar-refractivity contribution in [2.45, 2.75) is 27.2 Å². The van der Waals surface area contributed by atoms with Crippen molar-refractivity contribution in [2.75, 3.05) is 22.1 Å². The molecule has 0 spiro atoms. The molecule has 1 N–H and O–H groups in total. The molecule has 2 rings (SSSR count). The van der Waals surface area contributed by atoms with Crippen molar-refractivity contribution in [2.24, 2.45) is 11.8 Å². The third-order valence-electron chi connectivity index (χ3n) is 3.72. The molecule has 0 saturated carbocycles. The highest BCUT2D eigenvalue weighted by atomic mass is 79.9. The number of nitrogens with one attached hydrogen (secondary N) is 1. The van der Waals surface area contributed by atoms with Crippen LogP contribution in [0.25, 0.3) is 0 Å². The zero-order chi connectivity index (χ0) is 15.6. The maximum atomic E-state index is 12.2. The van der Waals surface area contributed by atoms with E-state index in [1.807, 2.05) is 43.9 Å². The first kappa shape index (κ1) is 16.0. The summed E-state index contributed by atoms with van der Waals surface area (Å²) in [5.41, 5.74) is 2.68. The molecule has 21 heavy (non-hydrogen) atoms. The Labute approximate surface area is 134 Å². The number of benzene rings is 1. The Hall–Kier alpha value is -1.36. The van der Waals surface area contributed by atoms with Gasteiger partial charge in [0.25, 0.3) is 0 Å². The summed E-state index contributed by atoms with van der Waals surface area (Å²) in [6.45, 7) is 6.43. The molecule has 1 atom stereocenters. The van der Waals surface area contributed by atoms with Crippen LogP contribution < -0.4 is 10.2 Å². The van der Waals surface area contributed by atoms with Crippen molar-refractivity contribution < 1.29 is 9.59 Å². The maximum absolute atomic E-state index is 12.2. The van der Waals surface area contributed by atoms with Crippen LogP contribution in [0, 0.1) is 18.8 Å². The third kappa shape index (κ3) is 3.64. The zero-order valence-corrected chi connectivity index (χ0v) is 14.2. The van der Waals surface area contributed by atoms with Gasteiger partial charge in [-0.15, -0.1) is 0 Å². The third-order valence-corrected chi connectivity index (χ3v) is 4.63. The van der Waals surface area contributed by atoms with Crippen molar-refractivity contribution in [1.82, 2.24) is 0 Å². The maximum Gasteiger partial charge on any atom is 0.227 e. The molecule has 1 heterocycles. The Morgan fingerprint density at radius 3 is 2.76 bits per heavy atom. The Bertz CT molecular complexity index is 557. The first-order valence-electron chi connectivity index (χ1n) is 7.20. The number of halogens is 1. The largest absolute Gasteiger partial charge is 0.326 e. The molecule has 0 aliphatic carbocycles. The Balaban J connectivity index is 2.23. The van der Waals surface area contributed by atoms with Crippen LogP contribution >= 0.6 is 15.9 Å². The van der Waals surface area contributed by atoms with Gasteiger partial charge >= 0.3 is 0 Å². The molecule has 4 nitrogen and oxygen atoms in total. The average molecular weight is 353 g/mol. The topological polar surface area (TPSA) is 49.4 Å². The van der Waals surface area contributed by atoms with E-state index in [0.29, 0.717) is 12.3 Å². The molecule has 1 saturated heterocycles. The van der Waals surface area contributed by atoms with Gasteiger partial charge < -0.3 is 10.2 Å². The van der Waals surface area contributed by atoms with Crippen LogP contribution in [0.15, 0.2) is 18.2 Å². The van der Waals surface area contributed by atoms with Crippen LogP contribution in [-0.4, -0.2) is 23.7 Å². The lowest BCUT2D eigenvalue weighted by molar-refractivity contribution is -0.119. The van der Waals surface area contributed by atoms with E-state index >= 15 is 0 Å². The van der Waals surface area contributed by atoms with Gasteiger partial charge in [0.05, 0.1) is 0 Å². The van der Waals surface area contributed by atoms with Crippen LogP contribution in [-0.2, 0) is 9.59 Å². The van der Waals surface area contributed by atoms with Crippen LogP contribution in [0.5, 0.6) is 0 Å². The Morgan fingerprint density at radius 2 is 2.19 bits per heavy atom. The van der Waals surface area contributed by atoms with Gasteiger partial charge in [-0.1, -0.05) is 35.8 Å². The molecule has 1 aromatic rings. The predicted molar refractivity (Wildman–Crippen MR) is 88.9 cm³/mol. The van der Waals surface area contributed by atoms with Gasteiger partial charge in [0.15, 0.2) is 0 Å². The van der Waals surface area contributed by atoms with Gasteiger partial charge in [0, 0.05) is 35.6 Å². The monoisotopic (exact) mass is 352 g/mol. The lowest BCUT2D eigenvalue weighted by atomic mass is 10.1. The zero-order valence-electron chi connectivity index (χ0n) is 12.6. The summed E-state index contributed by atoms with van der Waals surface area (Å²) in [6.07, 6.45) is 0.577. The normalized spacial score (nSPS) is 18.4. The standard InChI is InChI=1S/C16H21BrN2O2/c1-10(2)16(21)18-13-5-4-11(3)14(7-13)19-9-12(8-17)6-15(19)20/h4-5,7,10,12H,6,8-9H2,1-3H3,(H,18,21). The van der Waals surface area contributed by atoms with E-state index in [9.17, 15) is 9.59 Å². The van der Waals surface area contributed by atoms with E-state index < -0.39 is 0 Å². The lowest BCUT2D eigenvalue weighted by Crippen LogP contribution is -2.26. The average Bonchev–Trinajstić information content (AvgIpc) is 2.82. The highest BCUT2D eigenvalue weighted by Crippen LogP contribution is 2.31. The summed E-state index contributed by atoms with van der Waals surface area (Å²) in [5.74, 6) is 0.414. The lowest BCUT2D eigenvalue weighted by Gasteiger charge is -2.20. The van der Waals surface area contributed by atoms with Gasteiger partial charge in [-0.05, 0) is 30.5 Å². The quantitative estimate of drug-likeness (QED) is 0.844. The second kappa shape index (κ2) is 6.60. The van der Waals surface area contributed by atoms with Crippen LogP contribution in [0.4, 0.5) is 11.4 Å². The summed E-state index contributed by atoms with van der Waals surface area (Å²) in [6, 6.07) is 5.71. The van der Waals surface area contributed by atoms with E-state index in [1.165, 1.54) is 0 Å². The van der Waals surface area contributed by atoms with E-state index in [2.05, 4.69) is 21.2 Å². The second-order valence-corrected chi connectivity index (χ2v) is 6.52. The number of anilines is 2. The van der Waals surface area contributed by atoms with E-state index in [1.54, 1.807) is 0 Å². The molecule has 1 aliphatic heterocycles. The summed E-state index contributed by atoms with van der Waals surface area (Å²) in [7, 11) is 0. The SMILES string of the molecule is Cc1ccc(NC(=O)C(C)C)cc1N1CC(CBr)CC1=O. The first-order chi connectivity index (χ1) is 9.92. The van der Waals surface area contributed by atoms with Crippen molar-refractivity contribution in [3.8, 4) is 0 Å². The number of hydrogen-bond acceptors (Lipinski definition) is 2. The van der Waals surface area contributed by atoms with Crippen molar-refractivity contribution in [3.05, 3.63) is 23.8 Å². The number of nitrogens with zero attached hydrogens (tertiary/aromatic N) is 1. The molecule has 1 aromatic carbocycles. The van der Waals surface area contributed by atoms with E-state index in [0.717, 1.165) is 28.8 Å². The van der Waals surface area contributed by atoms with Gasteiger partial charge in [-0.3, -0.25) is 9.59 Å². The molecule has 0 radical (unpaired) electrons. The molecule has 2 amide bonds. The highest BCUT2D eigenvalue weighted by Gasteiger charge is 2.30. The minimum Gasteiger partial charge on any atom is -0.326 e. The molecule has 0 bridgehead atoms. The number of hydrogen-bond donors (Lipinski definition) is 1. The first-order valence-corrected chi connectivity index (χ1v) is 8.32. The van der Waals surface area contributed by atoms with E-state index in [-0.39, 0.29) is 17.7 Å². The second-order valence-electron chi connectivity index (χ2n) is 5.87. The van der Waals surface area contributed by atoms with Crippen molar-refractivity contribution in [1.29, 1.82) is 0 Å². The fourth-order valence-corrected chi connectivity index (χ4v) is 2.82. The number of amides is 2. The molecule has 0 aromatic heterocycles. The Kier molecular flexibility index (Phi) is 5.04. The van der Waals surface area contributed by atoms with Gasteiger partial charge in [-0.2, -0.15) is 0 Å². The minimum absolute atomic E-state index is 0.0177. The molecule has 1 unspecified atom stereocenters. The fourth-order valence-electron chi connectivity index (χ4n) is 2.38. The molecular weight excluding hydrogens is 332 g/mol. The smallest absolute Gasteiger partial charge is 0.227 e. The van der Waals surface area contributed by atoms with Crippen molar-refractivity contribution >= 4 is 39.1 Å². The number of alkyl halides is 1. The molecular formula is C16H21BrN2O2. The highest BCUT2D eigenvalue weighted by molar-refractivity contribution is 9.09. The molecule has 1 aliphatic rings. The van der Waals surface area contributed by atoms with Gasteiger partial charge in [0.2, 0.25) is 11.8 Å². The molecule has 5 heteroatoms. The summed E-state index contributed by atoms with van der Waals surface area (Å²) < 4.78 is 0. The molecule has 114 valence electrons. The predicted octanol–water partition coefficient (Wildman–Crippen LogP) is 3.34. The van der Waals surface area contributed by atoms with Crippen molar-refractivity contribution in [3.63, 3.8) is 0 Å². The van der Waals surface area contributed by atoms with Crippen LogP contribution in [0.3, 0.4) is 0 Å². The van der Waals surface area contributed by atoms with Gasteiger partial charge in [0.1, 0.15) is 0 Å². The van der Waals surface area contributed by atoms with E-state index in [4.69, 9.17) is 0 Å². The number of rotatable bonds is 4. The summed E-state index contributed by atoms with van der Waals surface area (Å²) in [5, 5.41) is 3.72. The minimum atomic E-state index is -0.0686.